The van der Waals surface area contributed by atoms with Gasteiger partial charge in [-0.3, -0.25) is 19.3 Å². The van der Waals surface area contributed by atoms with Gasteiger partial charge in [0, 0.05) is 49.8 Å². The first-order chi connectivity index (χ1) is 22.9. The molecule has 248 valence electrons. The molecule has 3 amide bonds. The minimum atomic E-state index is -0.536. The molecule has 12 nitrogen and oxygen atoms in total. The van der Waals surface area contributed by atoms with Gasteiger partial charge in [-0.2, -0.15) is 0 Å². The number of aryl methyl sites for hydroxylation is 1. The van der Waals surface area contributed by atoms with Crippen molar-refractivity contribution >= 4 is 17.7 Å². The number of nitrogens with zero attached hydrogens (tertiary/aromatic N) is 2. The van der Waals surface area contributed by atoms with E-state index in [0.717, 1.165) is 22.4 Å². The van der Waals surface area contributed by atoms with E-state index in [1.54, 1.807) is 36.3 Å². The summed E-state index contributed by atoms with van der Waals surface area (Å²) in [5, 5.41) is 5.99. The number of likely N-dealkylation sites (tertiary alicyclic amines) is 1. The number of methoxy groups -OCH3 is 2. The topological polar surface area (TPSA) is 128 Å². The van der Waals surface area contributed by atoms with Crippen LogP contribution in [0.5, 0.6) is 28.7 Å². The monoisotopic (exact) mass is 644 g/mol. The van der Waals surface area contributed by atoms with Crippen LogP contribution < -0.4 is 34.3 Å². The number of para-hydroxylation sites is 1. The molecule has 0 aromatic heterocycles. The molecule has 6 heterocycles. The van der Waals surface area contributed by atoms with Crippen molar-refractivity contribution in [1.29, 1.82) is 0 Å². The minimum Gasteiger partial charge on any atom is -0.496 e. The number of nitrogens with one attached hydrogen (secondary N) is 2. The van der Waals surface area contributed by atoms with E-state index in [1.165, 1.54) is 7.11 Å². The van der Waals surface area contributed by atoms with E-state index >= 15 is 0 Å². The second kappa shape index (κ2) is 14.6. The highest BCUT2D eigenvalue weighted by Gasteiger charge is 2.38. The zero-order valence-corrected chi connectivity index (χ0v) is 26.7. The molecule has 0 aliphatic carbocycles. The van der Waals surface area contributed by atoms with Crippen molar-refractivity contribution in [3.63, 3.8) is 0 Å². The van der Waals surface area contributed by atoms with Crippen molar-refractivity contribution in [2.45, 2.75) is 38.1 Å². The number of hydrogen-bond donors (Lipinski definition) is 2. The molecule has 4 bridgehead atoms. The van der Waals surface area contributed by atoms with E-state index in [2.05, 4.69) is 15.5 Å². The first-order valence-electron chi connectivity index (χ1n) is 15.8. The van der Waals surface area contributed by atoms with Crippen LogP contribution >= 0.6 is 0 Å². The molecule has 47 heavy (non-hydrogen) atoms. The number of ether oxygens (including phenoxy) is 5. The summed E-state index contributed by atoms with van der Waals surface area (Å²) >= 11 is 0. The number of benzene rings is 3. The van der Waals surface area contributed by atoms with Crippen molar-refractivity contribution in [3.8, 4) is 28.7 Å². The van der Waals surface area contributed by atoms with Gasteiger partial charge in [0.25, 0.3) is 5.91 Å². The normalized spacial score (nSPS) is 20.3. The van der Waals surface area contributed by atoms with Crippen LogP contribution in [0.1, 0.15) is 23.1 Å². The van der Waals surface area contributed by atoms with Crippen molar-refractivity contribution in [3.05, 3.63) is 77.4 Å². The Labute approximate surface area is 273 Å². The highest BCUT2D eigenvalue weighted by molar-refractivity contribution is 5.80. The number of hydrogen-bond acceptors (Lipinski definition) is 9. The Balaban J connectivity index is 1.21. The summed E-state index contributed by atoms with van der Waals surface area (Å²) in [5.41, 5.74) is 2.73. The molecule has 0 saturated carbocycles. The van der Waals surface area contributed by atoms with E-state index in [0.29, 0.717) is 49.1 Å². The van der Waals surface area contributed by atoms with Gasteiger partial charge in [0.2, 0.25) is 11.8 Å². The summed E-state index contributed by atoms with van der Waals surface area (Å²) in [6, 6.07) is 18.2. The number of carbonyl (C=O) groups excluding carboxylic acids is 3. The third-order valence-electron chi connectivity index (χ3n) is 8.61. The molecule has 6 aliphatic rings. The second-order valence-electron chi connectivity index (χ2n) is 11.8. The fourth-order valence-corrected chi connectivity index (χ4v) is 6.08. The van der Waals surface area contributed by atoms with Crippen LogP contribution in [0.3, 0.4) is 0 Å². The first kappa shape index (κ1) is 32.0. The molecule has 0 radical (unpaired) electrons. The lowest BCUT2D eigenvalue weighted by molar-refractivity contribution is -0.132. The maximum atomic E-state index is 13.6. The predicted molar refractivity (Wildman–Crippen MR) is 172 cm³/mol. The van der Waals surface area contributed by atoms with Gasteiger partial charge < -0.3 is 39.2 Å². The van der Waals surface area contributed by atoms with Gasteiger partial charge >= 0.3 is 0 Å². The van der Waals surface area contributed by atoms with Crippen molar-refractivity contribution in [2.75, 3.05) is 53.6 Å². The molecule has 1 saturated heterocycles. The summed E-state index contributed by atoms with van der Waals surface area (Å²) in [4.78, 5) is 43.3. The molecule has 12 heteroatoms. The standard InChI is InChI=1S/C35H40N4O8/c1-43-30-16-26-10-9-24(30)17-36-33(40)12-8-23-7-11-29(31(15-23)44-2)46-22-34(41)37-27-19-39(20-32(27)47-26)35(42)21-38-13-14-45-28-6-4-3-5-25(28)18-38/h3-7,9-11,15-16,27,32H,8,12-14,17-22H2,1-2H3,(H,36,40)(H,37,41)/t27-,32-/m1/s1. The zero-order valence-electron chi connectivity index (χ0n) is 26.7. The molecule has 9 rings (SSSR count). The Bertz CT molecular complexity index is 1610. The SMILES string of the molecule is COc1cc2ccc1CNC(=O)CCc1ccc(c(OC)c1)OCC(=O)N[C@@H]1CN(C(=O)CN3CCOc4ccccc4C3)C[C@H]1O2. The molecular formula is C35H40N4O8. The quantitative estimate of drug-likeness (QED) is 0.440. The lowest BCUT2D eigenvalue weighted by Gasteiger charge is -2.23. The van der Waals surface area contributed by atoms with Crippen LogP contribution in [-0.4, -0.2) is 93.3 Å². The fourth-order valence-electron chi connectivity index (χ4n) is 6.08. The smallest absolute Gasteiger partial charge is 0.258 e. The highest BCUT2D eigenvalue weighted by Crippen LogP contribution is 2.30. The van der Waals surface area contributed by atoms with Crippen LogP contribution in [0, 0.1) is 0 Å². The lowest BCUT2D eigenvalue weighted by atomic mass is 10.1. The van der Waals surface area contributed by atoms with Crippen molar-refractivity contribution in [2.24, 2.45) is 0 Å². The van der Waals surface area contributed by atoms with Gasteiger partial charge in [-0.25, -0.2) is 0 Å². The largest absolute Gasteiger partial charge is 0.496 e. The molecule has 0 unspecified atom stereocenters. The maximum Gasteiger partial charge on any atom is 0.258 e. The second-order valence-corrected chi connectivity index (χ2v) is 11.8. The lowest BCUT2D eigenvalue weighted by Crippen LogP contribution is -2.47. The Morgan fingerprint density at radius 2 is 1.74 bits per heavy atom. The number of rotatable bonds is 4. The van der Waals surface area contributed by atoms with Crippen LogP contribution in [0.2, 0.25) is 0 Å². The van der Waals surface area contributed by atoms with E-state index in [9.17, 15) is 14.4 Å². The minimum absolute atomic E-state index is 0.0648. The molecule has 0 spiro atoms. The summed E-state index contributed by atoms with van der Waals surface area (Å²) in [6.45, 7) is 2.49. The van der Waals surface area contributed by atoms with Crippen LogP contribution in [0.25, 0.3) is 0 Å². The van der Waals surface area contributed by atoms with Crippen LogP contribution in [0.15, 0.2) is 60.7 Å². The maximum absolute atomic E-state index is 13.6. The van der Waals surface area contributed by atoms with Crippen LogP contribution in [-0.2, 0) is 33.9 Å². The summed E-state index contributed by atoms with van der Waals surface area (Å²) < 4.78 is 29.2. The Morgan fingerprint density at radius 3 is 2.60 bits per heavy atom. The summed E-state index contributed by atoms with van der Waals surface area (Å²) in [7, 11) is 3.09. The average Bonchev–Trinajstić information content (AvgIpc) is 3.35. The molecule has 3 aromatic rings. The van der Waals surface area contributed by atoms with Gasteiger partial charge in [-0.1, -0.05) is 24.3 Å². The summed E-state index contributed by atoms with van der Waals surface area (Å²) in [6.07, 6.45) is 0.252. The summed E-state index contributed by atoms with van der Waals surface area (Å²) in [5.74, 6) is 2.27. The number of amides is 3. The number of carbonyl (C=O) groups is 3. The third-order valence-corrected chi connectivity index (χ3v) is 8.61. The van der Waals surface area contributed by atoms with E-state index in [1.807, 2.05) is 36.4 Å². The van der Waals surface area contributed by atoms with Gasteiger partial charge in [-0.15, -0.1) is 0 Å². The molecule has 1 fully saturated rings. The number of fused-ring (bicyclic) bond motifs is 1. The van der Waals surface area contributed by atoms with Crippen molar-refractivity contribution < 1.29 is 38.1 Å². The van der Waals surface area contributed by atoms with E-state index < -0.39 is 12.1 Å². The zero-order chi connectivity index (χ0) is 32.8. The molecule has 2 N–H and O–H groups in total. The van der Waals surface area contributed by atoms with Gasteiger partial charge in [-0.05, 0) is 42.3 Å². The Hall–Kier alpha value is -4.97. The van der Waals surface area contributed by atoms with Crippen molar-refractivity contribution in [1.82, 2.24) is 20.4 Å². The molecule has 3 aromatic carbocycles. The van der Waals surface area contributed by atoms with E-state index in [-0.39, 0.29) is 56.9 Å². The predicted octanol–water partition coefficient (Wildman–Crippen LogP) is 2.31. The molecule has 2 atom stereocenters. The molecule has 6 aliphatic heterocycles. The van der Waals surface area contributed by atoms with Gasteiger partial charge in [0.05, 0.1) is 33.4 Å². The Morgan fingerprint density at radius 1 is 0.894 bits per heavy atom. The highest BCUT2D eigenvalue weighted by atomic mass is 16.5. The Kier molecular flexibility index (Phi) is 9.96. The fraction of sp³-hybridized carbons (Fsp3) is 0.400. The van der Waals surface area contributed by atoms with Gasteiger partial charge in [0.1, 0.15) is 30.0 Å². The van der Waals surface area contributed by atoms with E-state index in [4.69, 9.17) is 23.7 Å². The molecular weight excluding hydrogens is 604 g/mol. The van der Waals surface area contributed by atoms with Gasteiger partial charge in [0.15, 0.2) is 18.1 Å². The first-order valence-corrected chi connectivity index (χ1v) is 15.8. The average molecular weight is 645 g/mol. The van der Waals surface area contributed by atoms with Crippen LogP contribution in [0.4, 0.5) is 0 Å². The third kappa shape index (κ3) is 7.89.